The van der Waals surface area contributed by atoms with Gasteiger partial charge in [0, 0.05) is 5.56 Å². The van der Waals surface area contributed by atoms with Crippen molar-refractivity contribution in [3.05, 3.63) is 83.8 Å². The van der Waals surface area contributed by atoms with Crippen LogP contribution in [0.3, 0.4) is 0 Å². The summed E-state index contributed by atoms with van der Waals surface area (Å²) in [6.45, 7) is 1.97. The van der Waals surface area contributed by atoms with Gasteiger partial charge in [-0.05, 0) is 61.1 Å². The number of ether oxygens (including phenoxy) is 1. The van der Waals surface area contributed by atoms with Crippen molar-refractivity contribution in [1.29, 1.82) is 0 Å². The second-order valence-electron chi connectivity index (χ2n) is 6.58. The summed E-state index contributed by atoms with van der Waals surface area (Å²) in [5, 5.41) is 0. The summed E-state index contributed by atoms with van der Waals surface area (Å²) in [7, 11) is 0. The van der Waals surface area contributed by atoms with Crippen LogP contribution in [0.5, 0.6) is 11.5 Å². The second kappa shape index (κ2) is 7.00. The molecule has 0 amide bonds. The molecule has 0 saturated heterocycles. The van der Waals surface area contributed by atoms with Gasteiger partial charge in [-0.25, -0.2) is 9.97 Å². The van der Waals surface area contributed by atoms with Gasteiger partial charge in [-0.2, -0.15) is 0 Å². The number of nitrogens with two attached hydrogens (primary N) is 1. The predicted octanol–water partition coefficient (Wildman–Crippen LogP) is 5.00. The first kappa shape index (κ1) is 16.3. The fourth-order valence-electron chi connectivity index (χ4n) is 2.97. The van der Waals surface area contributed by atoms with Crippen molar-refractivity contribution in [3.8, 4) is 11.5 Å². The summed E-state index contributed by atoms with van der Waals surface area (Å²) in [6.07, 6.45) is 6.27. The molecule has 0 unspecified atom stereocenters. The van der Waals surface area contributed by atoms with Crippen molar-refractivity contribution in [2.24, 2.45) is 5.92 Å². The van der Waals surface area contributed by atoms with Crippen molar-refractivity contribution in [2.75, 3.05) is 5.73 Å². The van der Waals surface area contributed by atoms with Crippen LogP contribution in [0.4, 0.5) is 5.82 Å². The summed E-state index contributed by atoms with van der Waals surface area (Å²) < 4.78 is 5.89. The van der Waals surface area contributed by atoms with Crippen molar-refractivity contribution >= 4 is 11.4 Å². The largest absolute Gasteiger partial charge is 0.457 e. The zero-order valence-corrected chi connectivity index (χ0v) is 14.7. The van der Waals surface area contributed by atoms with Crippen molar-refractivity contribution in [1.82, 2.24) is 9.97 Å². The van der Waals surface area contributed by atoms with E-state index in [1.165, 1.54) is 19.2 Å². The summed E-state index contributed by atoms with van der Waals surface area (Å²) >= 11 is 0. The molecule has 1 aliphatic carbocycles. The molecule has 0 radical (unpaired) electrons. The first-order valence-electron chi connectivity index (χ1n) is 8.83. The van der Waals surface area contributed by atoms with Gasteiger partial charge in [0.2, 0.25) is 0 Å². The van der Waals surface area contributed by atoms with E-state index in [0.717, 1.165) is 33.9 Å². The normalized spacial score (nSPS) is 14.3. The Balaban J connectivity index is 1.67. The highest BCUT2D eigenvalue weighted by Gasteiger charge is 2.22. The van der Waals surface area contributed by atoms with Crippen LogP contribution in [0.2, 0.25) is 0 Å². The zero-order valence-electron chi connectivity index (χ0n) is 14.7. The van der Waals surface area contributed by atoms with E-state index >= 15 is 0 Å². The van der Waals surface area contributed by atoms with Gasteiger partial charge in [0.15, 0.2) is 0 Å². The Hall–Kier alpha value is -3.14. The third-order valence-corrected chi connectivity index (χ3v) is 4.50. The lowest BCUT2D eigenvalue weighted by molar-refractivity contribution is 0.482. The van der Waals surface area contributed by atoms with Gasteiger partial charge >= 0.3 is 0 Å². The van der Waals surface area contributed by atoms with E-state index in [1.54, 1.807) is 0 Å². The highest BCUT2D eigenvalue weighted by Crippen LogP contribution is 2.38. The third-order valence-electron chi connectivity index (χ3n) is 4.50. The Morgan fingerprint density at radius 3 is 2.35 bits per heavy atom. The van der Waals surface area contributed by atoms with Gasteiger partial charge in [0.25, 0.3) is 0 Å². The molecule has 2 N–H and O–H groups in total. The number of allylic oxidation sites excluding steroid dienone is 1. The molecule has 4 heteroatoms. The highest BCUT2D eigenvalue weighted by molar-refractivity contribution is 5.85. The molecule has 0 aliphatic heterocycles. The van der Waals surface area contributed by atoms with Crippen LogP contribution in [0.25, 0.3) is 5.57 Å². The van der Waals surface area contributed by atoms with E-state index in [9.17, 15) is 0 Å². The number of nitrogen functional groups attached to an aromatic ring is 1. The molecule has 1 aromatic heterocycles. The molecular weight excluding hydrogens is 322 g/mol. The number of benzene rings is 2. The maximum absolute atomic E-state index is 6.17. The van der Waals surface area contributed by atoms with E-state index in [0.29, 0.717) is 11.7 Å². The van der Waals surface area contributed by atoms with E-state index in [4.69, 9.17) is 10.5 Å². The van der Waals surface area contributed by atoms with Crippen molar-refractivity contribution < 1.29 is 4.74 Å². The zero-order chi connectivity index (χ0) is 17.9. The number of hydrogen-bond acceptors (Lipinski definition) is 4. The number of rotatable bonds is 5. The Kier molecular flexibility index (Phi) is 4.40. The molecule has 1 aliphatic rings. The molecule has 0 atom stereocenters. The van der Waals surface area contributed by atoms with Gasteiger partial charge in [0.1, 0.15) is 23.6 Å². The van der Waals surface area contributed by atoms with Crippen LogP contribution >= 0.6 is 0 Å². The maximum Gasteiger partial charge on any atom is 0.134 e. The van der Waals surface area contributed by atoms with E-state index in [1.807, 2.05) is 49.4 Å². The summed E-state index contributed by atoms with van der Waals surface area (Å²) in [4.78, 5) is 8.52. The van der Waals surface area contributed by atoms with Gasteiger partial charge in [-0.15, -0.1) is 0 Å². The number of aromatic nitrogens is 2. The highest BCUT2D eigenvalue weighted by atomic mass is 16.5. The third kappa shape index (κ3) is 3.59. The molecular formula is C22H21N3O. The lowest BCUT2D eigenvalue weighted by Crippen LogP contribution is -2.03. The molecule has 1 heterocycles. The lowest BCUT2D eigenvalue weighted by atomic mass is 9.95. The number of nitrogens with zero attached hydrogens (tertiary/aromatic N) is 2. The summed E-state index contributed by atoms with van der Waals surface area (Å²) in [6, 6.07) is 17.9. The minimum absolute atomic E-state index is 0.522. The SMILES string of the molecule is Cc1ncnc(N)c1/C(=C\C1CC1)c1ccc(Oc2ccccc2)cc1. The minimum Gasteiger partial charge on any atom is -0.457 e. The fourth-order valence-corrected chi connectivity index (χ4v) is 2.97. The molecule has 4 rings (SSSR count). The Morgan fingerprint density at radius 2 is 1.69 bits per heavy atom. The number of para-hydroxylation sites is 1. The quantitative estimate of drug-likeness (QED) is 0.708. The molecule has 130 valence electrons. The minimum atomic E-state index is 0.522. The van der Waals surface area contributed by atoms with E-state index in [2.05, 4.69) is 28.2 Å². The smallest absolute Gasteiger partial charge is 0.134 e. The molecule has 0 bridgehead atoms. The van der Waals surface area contributed by atoms with Gasteiger partial charge in [-0.3, -0.25) is 0 Å². The molecule has 2 aromatic carbocycles. The second-order valence-corrected chi connectivity index (χ2v) is 6.58. The van der Waals surface area contributed by atoms with E-state index < -0.39 is 0 Å². The Labute approximate surface area is 153 Å². The van der Waals surface area contributed by atoms with Crippen molar-refractivity contribution in [3.63, 3.8) is 0 Å². The average Bonchev–Trinajstić information content (AvgIpc) is 3.46. The molecule has 4 nitrogen and oxygen atoms in total. The van der Waals surface area contributed by atoms with Crippen LogP contribution in [0.1, 0.15) is 29.7 Å². The van der Waals surface area contributed by atoms with Crippen LogP contribution in [0.15, 0.2) is 67.0 Å². The lowest BCUT2D eigenvalue weighted by Gasteiger charge is -2.13. The van der Waals surface area contributed by atoms with E-state index in [-0.39, 0.29) is 0 Å². The molecule has 0 spiro atoms. The Morgan fingerprint density at radius 1 is 1.00 bits per heavy atom. The number of aryl methyl sites for hydroxylation is 1. The first-order valence-corrected chi connectivity index (χ1v) is 8.83. The predicted molar refractivity (Wildman–Crippen MR) is 104 cm³/mol. The number of anilines is 1. The molecule has 1 saturated carbocycles. The summed E-state index contributed by atoms with van der Waals surface area (Å²) in [5.74, 6) is 2.77. The van der Waals surface area contributed by atoms with Crippen LogP contribution in [0, 0.1) is 12.8 Å². The standard InChI is InChI=1S/C22H21N3O/c1-15-21(22(23)25-14-24-15)20(13-16-7-8-16)17-9-11-19(12-10-17)26-18-5-3-2-4-6-18/h2-6,9-14,16H,7-8H2,1H3,(H2,23,24,25)/b20-13-. The van der Waals surface area contributed by atoms with Gasteiger partial charge < -0.3 is 10.5 Å². The van der Waals surface area contributed by atoms with Crippen LogP contribution in [-0.2, 0) is 0 Å². The average molecular weight is 343 g/mol. The first-order chi connectivity index (χ1) is 12.7. The van der Waals surface area contributed by atoms with Crippen LogP contribution < -0.4 is 10.5 Å². The fraction of sp³-hybridized carbons (Fsp3) is 0.182. The van der Waals surface area contributed by atoms with Gasteiger partial charge in [-0.1, -0.05) is 36.4 Å². The Bertz CT molecular complexity index is 909. The molecule has 26 heavy (non-hydrogen) atoms. The molecule has 1 fully saturated rings. The summed E-state index contributed by atoms with van der Waals surface area (Å²) in [5.41, 5.74) is 10.2. The molecule has 3 aromatic rings. The van der Waals surface area contributed by atoms with Gasteiger partial charge in [0.05, 0.1) is 5.69 Å². The van der Waals surface area contributed by atoms with Crippen LogP contribution in [-0.4, -0.2) is 9.97 Å². The monoisotopic (exact) mass is 343 g/mol. The number of hydrogen-bond donors (Lipinski definition) is 1. The topological polar surface area (TPSA) is 61.0 Å². The maximum atomic E-state index is 6.17. The van der Waals surface area contributed by atoms with Crippen molar-refractivity contribution in [2.45, 2.75) is 19.8 Å².